The highest BCUT2D eigenvalue weighted by molar-refractivity contribution is 5.76. The molecule has 0 unspecified atom stereocenters. The fraction of sp³-hybridized carbons (Fsp3) is 0.611. The highest BCUT2D eigenvalue weighted by Crippen LogP contribution is 2.16. The van der Waals surface area contributed by atoms with Crippen LogP contribution < -0.4 is 4.74 Å². The van der Waals surface area contributed by atoms with Crippen LogP contribution in [-0.4, -0.2) is 43.2 Å². The summed E-state index contributed by atoms with van der Waals surface area (Å²) in [5, 5.41) is 0. The number of amides is 1. The maximum Gasteiger partial charge on any atom is 0.222 e. The lowest BCUT2D eigenvalue weighted by Crippen LogP contribution is -2.41. The average Bonchev–Trinajstić information content (AvgIpc) is 2.52. The van der Waals surface area contributed by atoms with Gasteiger partial charge >= 0.3 is 0 Å². The van der Waals surface area contributed by atoms with Gasteiger partial charge in [0.25, 0.3) is 0 Å². The van der Waals surface area contributed by atoms with Crippen LogP contribution in [0.15, 0.2) is 30.3 Å². The second-order valence-corrected chi connectivity index (χ2v) is 6.21. The third kappa shape index (κ3) is 5.68. The van der Waals surface area contributed by atoms with Crippen LogP contribution in [0.1, 0.15) is 33.1 Å². The lowest BCUT2D eigenvalue weighted by molar-refractivity contribution is -0.134. The Hall–Kier alpha value is -1.55. The van der Waals surface area contributed by atoms with Crippen LogP contribution in [0.4, 0.5) is 0 Å². The van der Waals surface area contributed by atoms with Gasteiger partial charge in [-0.1, -0.05) is 32.0 Å². The van der Waals surface area contributed by atoms with Crippen molar-refractivity contribution in [3.8, 4) is 5.75 Å². The van der Waals surface area contributed by atoms with Gasteiger partial charge in [0.2, 0.25) is 5.91 Å². The summed E-state index contributed by atoms with van der Waals surface area (Å²) in [6, 6.07) is 9.77. The minimum atomic E-state index is 0.252. The van der Waals surface area contributed by atoms with E-state index in [0.717, 1.165) is 31.7 Å². The molecule has 0 bridgehead atoms. The molecule has 122 valence electrons. The number of benzene rings is 1. The monoisotopic (exact) mass is 305 g/mol. The van der Waals surface area contributed by atoms with E-state index in [4.69, 9.17) is 9.47 Å². The second-order valence-electron chi connectivity index (χ2n) is 6.21. The lowest BCUT2D eigenvalue weighted by atomic mass is 10.1. The molecular weight excluding hydrogens is 278 g/mol. The molecule has 0 spiro atoms. The van der Waals surface area contributed by atoms with Crippen LogP contribution in [0.25, 0.3) is 0 Å². The van der Waals surface area contributed by atoms with E-state index in [0.29, 0.717) is 25.6 Å². The van der Waals surface area contributed by atoms with Gasteiger partial charge in [0.1, 0.15) is 12.4 Å². The minimum absolute atomic E-state index is 0.252. The fourth-order valence-electron chi connectivity index (χ4n) is 2.64. The van der Waals surface area contributed by atoms with E-state index in [1.807, 2.05) is 35.2 Å². The van der Waals surface area contributed by atoms with E-state index >= 15 is 0 Å². The van der Waals surface area contributed by atoms with Gasteiger partial charge in [0, 0.05) is 19.5 Å². The van der Waals surface area contributed by atoms with Gasteiger partial charge in [-0.05, 0) is 30.9 Å². The maximum atomic E-state index is 12.0. The van der Waals surface area contributed by atoms with E-state index in [9.17, 15) is 4.79 Å². The predicted octanol–water partition coefficient (Wildman–Crippen LogP) is 3.12. The molecule has 1 heterocycles. The normalized spacial score (nSPS) is 16.0. The predicted molar refractivity (Wildman–Crippen MR) is 86.9 cm³/mol. The number of para-hydroxylation sites is 1. The molecule has 4 heteroatoms. The Labute approximate surface area is 133 Å². The Morgan fingerprint density at radius 2 is 1.86 bits per heavy atom. The van der Waals surface area contributed by atoms with Gasteiger partial charge in [0.05, 0.1) is 12.7 Å². The SMILES string of the molecule is CC(C)CC(=O)N1CCC(OCCOc2ccccc2)CC1. The zero-order valence-corrected chi connectivity index (χ0v) is 13.7. The molecule has 1 fully saturated rings. The van der Waals surface area contributed by atoms with Crippen molar-refractivity contribution in [3.63, 3.8) is 0 Å². The first-order valence-corrected chi connectivity index (χ1v) is 8.22. The summed E-state index contributed by atoms with van der Waals surface area (Å²) < 4.78 is 11.5. The quantitative estimate of drug-likeness (QED) is 0.727. The van der Waals surface area contributed by atoms with E-state index in [1.54, 1.807) is 0 Å². The molecule has 1 aliphatic rings. The lowest BCUT2D eigenvalue weighted by Gasteiger charge is -2.32. The van der Waals surface area contributed by atoms with E-state index in [2.05, 4.69) is 13.8 Å². The van der Waals surface area contributed by atoms with Crippen molar-refractivity contribution >= 4 is 5.91 Å². The summed E-state index contributed by atoms with van der Waals surface area (Å²) in [7, 11) is 0. The summed E-state index contributed by atoms with van der Waals surface area (Å²) in [6.45, 7) is 6.96. The van der Waals surface area contributed by atoms with Gasteiger partial charge in [0.15, 0.2) is 0 Å². The molecule has 0 N–H and O–H groups in total. The number of rotatable bonds is 7. The molecule has 0 saturated carbocycles. The molecule has 1 aromatic carbocycles. The number of carbonyl (C=O) groups excluding carboxylic acids is 1. The summed E-state index contributed by atoms with van der Waals surface area (Å²) in [5.74, 6) is 1.58. The van der Waals surface area contributed by atoms with Crippen LogP contribution in [0.2, 0.25) is 0 Å². The smallest absolute Gasteiger partial charge is 0.222 e. The summed E-state index contributed by atoms with van der Waals surface area (Å²) in [4.78, 5) is 14.0. The third-order valence-corrected chi connectivity index (χ3v) is 3.83. The van der Waals surface area contributed by atoms with E-state index in [-0.39, 0.29) is 12.0 Å². The Kier molecular flexibility index (Phi) is 6.72. The zero-order chi connectivity index (χ0) is 15.8. The number of likely N-dealkylation sites (tertiary alicyclic amines) is 1. The van der Waals surface area contributed by atoms with Crippen molar-refractivity contribution in [3.05, 3.63) is 30.3 Å². The van der Waals surface area contributed by atoms with E-state index < -0.39 is 0 Å². The van der Waals surface area contributed by atoms with Crippen molar-refractivity contribution in [2.24, 2.45) is 5.92 Å². The van der Waals surface area contributed by atoms with Crippen LogP contribution in [-0.2, 0) is 9.53 Å². The zero-order valence-electron chi connectivity index (χ0n) is 13.7. The van der Waals surface area contributed by atoms with Crippen LogP contribution in [0, 0.1) is 5.92 Å². The topological polar surface area (TPSA) is 38.8 Å². The van der Waals surface area contributed by atoms with Crippen LogP contribution in [0.3, 0.4) is 0 Å². The van der Waals surface area contributed by atoms with Gasteiger partial charge in [-0.2, -0.15) is 0 Å². The van der Waals surface area contributed by atoms with Gasteiger partial charge in [-0.25, -0.2) is 0 Å². The molecular formula is C18H27NO3. The standard InChI is InChI=1S/C18H27NO3/c1-15(2)14-18(20)19-10-8-17(9-11-19)22-13-12-21-16-6-4-3-5-7-16/h3-7,15,17H,8-14H2,1-2H3. The Balaban J connectivity index is 1.58. The molecule has 1 saturated heterocycles. The molecule has 1 aliphatic heterocycles. The number of hydrogen-bond acceptors (Lipinski definition) is 3. The Bertz CT molecular complexity index is 439. The first-order valence-electron chi connectivity index (χ1n) is 8.22. The summed E-state index contributed by atoms with van der Waals surface area (Å²) in [5.41, 5.74) is 0. The van der Waals surface area contributed by atoms with Crippen LogP contribution in [0.5, 0.6) is 5.75 Å². The first kappa shape index (κ1) is 16.8. The second kappa shape index (κ2) is 8.79. The number of carbonyl (C=O) groups is 1. The molecule has 0 atom stereocenters. The highest BCUT2D eigenvalue weighted by Gasteiger charge is 2.23. The number of nitrogens with zero attached hydrogens (tertiary/aromatic N) is 1. The van der Waals surface area contributed by atoms with Crippen molar-refractivity contribution in [2.75, 3.05) is 26.3 Å². The number of ether oxygens (including phenoxy) is 2. The number of hydrogen-bond donors (Lipinski definition) is 0. The fourth-order valence-corrected chi connectivity index (χ4v) is 2.64. The summed E-state index contributed by atoms with van der Waals surface area (Å²) >= 11 is 0. The molecule has 1 aromatic rings. The third-order valence-electron chi connectivity index (χ3n) is 3.83. The highest BCUT2D eigenvalue weighted by atomic mass is 16.5. The average molecular weight is 305 g/mol. The molecule has 22 heavy (non-hydrogen) atoms. The van der Waals surface area contributed by atoms with Crippen molar-refractivity contribution in [1.82, 2.24) is 4.90 Å². The first-order chi connectivity index (χ1) is 10.6. The number of piperidine rings is 1. The Morgan fingerprint density at radius 1 is 1.18 bits per heavy atom. The summed E-state index contributed by atoms with van der Waals surface area (Å²) in [6.07, 6.45) is 2.75. The van der Waals surface area contributed by atoms with E-state index in [1.165, 1.54) is 0 Å². The maximum absolute atomic E-state index is 12.0. The molecule has 0 aromatic heterocycles. The van der Waals surface area contributed by atoms with Crippen LogP contribution >= 0.6 is 0 Å². The molecule has 0 radical (unpaired) electrons. The van der Waals surface area contributed by atoms with Gasteiger partial charge < -0.3 is 14.4 Å². The van der Waals surface area contributed by atoms with Gasteiger partial charge in [-0.15, -0.1) is 0 Å². The molecule has 1 amide bonds. The van der Waals surface area contributed by atoms with Crippen molar-refractivity contribution in [2.45, 2.75) is 39.2 Å². The Morgan fingerprint density at radius 3 is 2.50 bits per heavy atom. The molecule has 0 aliphatic carbocycles. The molecule has 4 nitrogen and oxygen atoms in total. The molecule has 2 rings (SSSR count). The van der Waals surface area contributed by atoms with Crippen molar-refractivity contribution in [1.29, 1.82) is 0 Å². The largest absolute Gasteiger partial charge is 0.491 e. The minimum Gasteiger partial charge on any atom is -0.491 e. The van der Waals surface area contributed by atoms with Gasteiger partial charge in [-0.3, -0.25) is 4.79 Å². The van der Waals surface area contributed by atoms with Crippen molar-refractivity contribution < 1.29 is 14.3 Å².